The number of rotatable bonds is 3. The molecule has 0 N–H and O–H groups in total. The Morgan fingerprint density at radius 1 is 1.23 bits per heavy atom. The lowest BCUT2D eigenvalue weighted by Gasteiger charge is -2.28. The number of hydrogen-bond acceptors (Lipinski definition) is 5. The summed E-state index contributed by atoms with van der Waals surface area (Å²) >= 11 is 1.86. The molecular weight excluding hydrogens is 292 g/mol. The summed E-state index contributed by atoms with van der Waals surface area (Å²) < 4.78 is 0. The molecule has 0 bridgehead atoms. The van der Waals surface area contributed by atoms with Crippen LogP contribution in [0.15, 0.2) is 17.6 Å². The van der Waals surface area contributed by atoms with Crippen molar-refractivity contribution in [3.05, 3.63) is 39.3 Å². The first kappa shape index (κ1) is 14.2. The molecule has 2 aliphatic heterocycles. The zero-order chi connectivity index (χ0) is 14.9. The van der Waals surface area contributed by atoms with Gasteiger partial charge in [0.15, 0.2) is 0 Å². The van der Waals surface area contributed by atoms with Gasteiger partial charge < -0.3 is 4.90 Å². The van der Waals surface area contributed by atoms with Crippen LogP contribution in [0.4, 0.5) is 5.95 Å². The molecule has 0 saturated carbocycles. The van der Waals surface area contributed by atoms with E-state index in [1.807, 2.05) is 11.3 Å². The SMILES string of the molecule is Cc1ccsc1CN1CCc2nc(N3CCCC3)ncc2C1. The fourth-order valence-corrected chi connectivity index (χ4v) is 4.29. The average Bonchev–Trinajstić information content (AvgIpc) is 3.19. The van der Waals surface area contributed by atoms with Crippen LogP contribution in [-0.2, 0) is 19.5 Å². The number of nitrogens with zero attached hydrogens (tertiary/aromatic N) is 4. The van der Waals surface area contributed by atoms with E-state index in [0.29, 0.717) is 0 Å². The van der Waals surface area contributed by atoms with E-state index in [4.69, 9.17) is 4.98 Å². The molecule has 0 amide bonds. The zero-order valence-corrected chi connectivity index (χ0v) is 13.9. The summed E-state index contributed by atoms with van der Waals surface area (Å²) in [6.07, 6.45) is 5.65. The lowest BCUT2D eigenvalue weighted by Crippen LogP contribution is -2.31. The number of hydrogen-bond donors (Lipinski definition) is 0. The molecule has 116 valence electrons. The molecule has 2 aliphatic rings. The van der Waals surface area contributed by atoms with Crippen molar-refractivity contribution in [2.75, 3.05) is 24.5 Å². The largest absolute Gasteiger partial charge is 0.341 e. The predicted molar refractivity (Wildman–Crippen MR) is 90.4 cm³/mol. The highest BCUT2D eigenvalue weighted by molar-refractivity contribution is 7.10. The van der Waals surface area contributed by atoms with Gasteiger partial charge in [0.2, 0.25) is 5.95 Å². The summed E-state index contributed by atoms with van der Waals surface area (Å²) in [6, 6.07) is 2.21. The Kier molecular flexibility index (Phi) is 3.84. The van der Waals surface area contributed by atoms with Gasteiger partial charge in [-0.15, -0.1) is 11.3 Å². The van der Waals surface area contributed by atoms with Gasteiger partial charge in [0, 0.05) is 55.8 Å². The van der Waals surface area contributed by atoms with Crippen LogP contribution in [0.1, 0.15) is 34.5 Å². The van der Waals surface area contributed by atoms with Gasteiger partial charge in [-0.05, 0) is 36.8 Å². The maximum absolute atomic E-state index is 4.84. The quantitative estimate of drug-likeness (QED) is 0.872. The van der Waals surface area contributed by atoms with Crippen molar-refractivity contribution < 1.29 is 0 Å². The van der Waals surface area contributed by atoms with Crippen LogP contribution in [0, 0.1) is 6.92 Å². The summed E-state index contributed by atoms with van der Waals surface area (Å²) in [7, 11) is 0. The molecule has 0 atom stereocenters. The molecular formula is C17H22N4S. The molecule has 22 heavy (non-hydrogen) atoms. The highest BCUT2D eigenvalue weighted by Crippen LogP contribution is 2.24. The summed E-state index contributed by atoms with van der Waals surface area (Å²) in [4.78, 5) is 15.8. The Labute approximate surface area is 135 Å². The van der Waals surface area contributed by atoms with Gasteiger partial charge in [0.1, 0.15) is 0 Å². The molecule has 2 aromatic rings. The first-order chi connectivity index (χ1) is 10.8. The van der Waals surface area contributed by atoms with Crippen LogP contribution in [0.5, 0.6) is 0 Å². The second-order valence-corrected chi connectivity index (χ2v) is 7.32. The second kappa shape index (κ2) is 5.97. The van der Waals surface area contributed by atoms with Gasteiger partial charge in [-0.1, -0.05) is 0 Å². The minimum atomic E-state index is 0.943. The maximum atomic E-state index is 4.84. The second-order valence-electron chi connectivity index (χ2n) is 6.32. The third kappa shape index (κ3) is 2.75. The molecule has 4 nitrogen and oxygen atoms in total. The van der Waals surface area contributed by atoms with Gasteiger partial charge in [-0.25, -0.2) is 9.97 Å². The van der Waals surface area contributed by atoms with E-state index in [1.54, 1.807) is 0 Å². The standard InChI is InChI=1S/C17H22N4S/c1-13-5-9-22-16(13)12-20-8-4-15-14(11-20)10-18-17(19-15)21-6-2-3-7-21/h5,9-10H,2-4,6-8,11-12H2,1H3. The number of anilines is 1. The molecule has 1 saturated heterocycles. The van der Waals surface area contributed by atoms with E-state index in [9.17, 15) is 0 Å². The van der Waals surface area contributed by atoms with E-state index < -0.39 is 0 Å². The van der Waals surface area contributed by atoms with Gasteiger partial charge in [0.25, 0.3) is 0 Å². The molecule has 2 aromatic heterocycles. The van der Waals surface area contributed by atoms with Crippen molar-refractivity contribution in [2.45, 2.75) is 39.3 Å². The zero-order valence-electron chi connectivity index (χ0n) is 13.1. The van der Waals surface area contributed by atoms with E-state index >= 15 is 0 Å². The van der Waals surface area contributed by atoms with E-state index in [1.165, 1.54) is 34.5 Å². The monoisotopic (exact) mass is 314 g/mol. The van der Waals surface area contributed by atoms with Crippen LogP contribution >= 0.6 is 11.3 Å². The van der Waals surface area contributed by atoms with Gasteiger partial charge >= 0.3 is 0 Å². The Hall–Kier alpha value is -1.46. The number of aromatic nitrogens is 2. The molecule has 4 heterocycles. The third-order valence-corrected chi connectivity index (χ3v) is 5.73. The molecule has 0 aromatic carbocycles. The smallest absolute Gasteiger partial charge is 0.225 e. The normalized spacial score (nSPS) is 18.7. The highest BCUT2D eigenvalue weighted by Gasteiger charge is 2.21. The Morgan fingerprint density at radius 3 is 2.86 bits per heavy atom. The van der Waals surface area contributed by atoms with Crippen molar-refractivity contribution in [2.24, 2.45) is 0 Å². The first-order valence-corrected chi connectivity index (χ1v) is 9.02. The first-order valence-electron chi connectivity index (χ1n) is 8.14. The maximum Gasteiger partial charge on any atom is 0.225 e. The molecule has 4 rings (SSSR count). The third-order valence-electron chi connectivity index (χ3n) is 4.72. The van der Waals surface area contributed by atoms with E-state index in [2.05, 4.69) is 39.4 Å². The minimum absolute atomic E-state index is 0.943. The van der Waals surface area contributed by atoms with E-state index in [-0.39, 0.29) is 0 Å². The summed E-state index contributed by atoms with van der Waals surface area (Å²) in [6.45, 7) is 7.56. The van der Waals surface area contributed by atoms with Crippen LogP contribution in [0.2, 0.25) is 0 Å². The van der Waals surface area contributed by atoms with Crippen molar-refractivity contribution in [3.63, 3.8) is 0 Å². The minimum Gasteiger partial charge on any atom is -0.341 e. The Morgan fingerprint density at radius 2 is 2.09 bits per heavy atom. The topological polar surface area (TPSA) is 32.3 Å². The fourth-order valence-electron chi connectivity index (χ4n) is 3.34. The molecule has 0 aliphatic carbocycles. The summed E-state index contributed by atoms with van der Waals surface area (Å²) in [5.41, 5.74) is 3.98. The van der Waals surface area contributed by atoms with Gasteiger partial charge in [-0.2, -0.15) is 0 Å². The number of aryl methyl sites for hydroxylation is 1. The molecule has 0 unspecified atom stereocenters. The van der Waals surface area contributed by atoms with Crippen LogP contribution < -0.4 is 4.90 Å². The molecule has 0 spiro atoms. The van der Waals surface area contributed by atoms with Crippen molar-refractivity contribution in [3.8, 4) is 0 Å². The summed E-state index contributed by atoms with van der Waals surface area (Å²) in [5.74, 6) is 0.943. The highest BCUT2D eigenvalue weighted by atomic mass is 32.1. The van der Waals surface area contributed by atoms with Crippen LogP contribution in [0.25, 0.3) is 0 Å². The predicted octanol–water partition coefficient (Wildman–Crippen LogP) is 3.01. The number of thiophene rings is 1. The lowest BCUT2D eigenvalue weighted by molar-refractivity contribution is 0.244. The van der Waals surface area contributed by atoms with Crippen molar-refractivity contribution >= 4 is 17.3 Å². The van der Waals surface area contributed by atoms with Crippen LogP contribution in [0.3, 0.4) is 0 Å². The Balaban J connectivity index is 1.48. The van der Waals surface area contributed by atoms with Crippen LogP contribution in [-0.4, -0.2) is 34.5 Å². The molecule has 5 heteroatoms. The van der Waals surface area contributed by atoms with Crippen molar-refractivity contribution in [1.82, 2.24) is 14.9 Å². The molecule has 1 fully saturated rings. The van der Waals surface area contributed by atoms with Crippen molar-refractivity contribution in [1.29, 1.82) is 0 Å². The van der Waals surface area contributed by atoms with E-state index in [0.717, 1.165) is 45.1 Å². The average molecular weight is 314 g/mol. The molecule has 0 radical (unpaired) electrons. The Bertz CT molecular complexity index is 660. The number of fused-ring (bicyclic) bond motifs is 1. The lowest BCUT2D eigenvalue weighted by atomic mass is 10.1. The van der Waals surface area contributed by atoms with Gasteiger partial charge in [-0.3, -0.25) is 4.90 Å². The fraction of sp³-hybridized carbons (Fsp3) is 0.529. The van der Waals surface area contributed by atoms with Gasteiger partial charge in [0.05, 0.1) is 5.69 Å². The summed E-state index contributed by atoms with van der Waals surface area (Å²) in [5, 5.41) is 2.19.